The van der Waals surface area contributed by atoms with Crippen LogP contribution in [0.4, 0.5) is 11.4 Å². The number of rotatable bonds is 5. The molecule has 0 radical (unpaired) electrons. The van der Waals surface area contributed by atoms with Gasteiger partial charge in [0.1, 0.15) is 5.69 Å². The Morgan fingerprint density at radius 3 is 2.26 bits per heavy atom. The highest BCUT2D eigenvalue weighted by molar-refractivity contribution is 6.34. The van der Waals surface area contributed by atoms with Crippen LogP contribution in [0.5, 0.6) is 0 Å². The van der Waals surface area contributed by atoms with Gasteiger partial charge in [0.25, 0.3) is 11.8 Å². The third-order valence-electron chi connectivity index (χ3n) is 4.34. The maximum absolute atomic E-state index is 12.7. The minimum absolute atomic E-state index is 0.167. The minimum Gasteiger partial charge on any atom is -0.343 e. The minimum atomic E-state index is -0.460. The molecular formula is C22H15Cl2N5O2. The molecule has 0 atom stereocenters. The first kappa shape index (κ1) is 20.6. The van der Waals surface area contributed by atoms with Gasteiger partial charge < -0.3 is 15.6 Å². The highest BCUT2D eigenvalue weighted by Crippen LogP contribution is 2.21. The quantitative estimate of drug-likeness (QED) is 0.384. The molecule has 0 unspecified atom stereocenters. The van der Waals surface area contributed by atoms with Gasteiger partial charge in [0.2, 0.25) is 0 Å². The summed E-state index contributed by atoms with van der Waals surface area (Å²) in [5.74, 6) is -0.212. The van der Waals surface area contributed by atoms with Crippen LogP contribution in [0.25, 0.3) is 11.5 Å². The molecule has 0 fully saturated rings. The normalized spacial score (nSPS) is 10.5. The third-order valence-corrected chi connectivity index (χ3v) is 4.92. The van der Waals surface area contributed by atoms with Gasteiger partial charge in [-0.25, -0.2) is 4.98 Å². The first-order valence-electron chi connectivity index (χ1n) is 9.13. The molecule has 7 nitrogen and oxygen atoms in total. The van der Waals surface area contributed by atoms with Crippen molar-refractivity contribution in [1.82, 2.24) is 15.0 Å². The van der Waals surface area contributed by atoms with E-state index >= 15 is 0 Å². The number of nitrogens with one attached hydrogen (secondary N) is 3. The molecule has 2 amide bonds. The van der Waals surface area contributed by atoms with Crippen LogP contribution in [0.3, 0.4) is 0 Å². The van der Waals surface area contributed by atoms with E-state index in [0.29, 0.717) is 27.9 Å². The summed E-state index contributed by atoms with van der Waals surface area (Å²) >= 11 is 12.1. The van der Waals surface area contributed by atoms with Gasteiger partial charge in [0.15, 0.2) is 5.82 Å². The zero-order valence-corrected chi connectivity index (χ0v) is 17.4. The summed E-state index contributed by atoms with van der Waals surface area (Å²) in [4.78, 5) is 36.7. The zero-order valence-electron chi connectivity index (χ0n) is 15.9. The number of carbonyl (C=O) groups excluding carboxylic acids is 2. The summed E-state index contributed by atoms with van der Waals surface area (Å²) in [7, 11) is 0. The number of nitrogens with zero attached hydrogens (tertiary/aromatic N) is 2. The summed E-state index contributed by atoms with van der Waals surface area (Å²) in [5.41, 5.74) is 2.16. The van der Waals surface area contributed by atoms with Gasteiger partial charge in [-0.2, -0.15) is 0 Å². The second-order valence-electron chi connectivity index (χ2n) is 6.48. The smallest absolute Gasteiger partial charge is 0.257 e. The molecule has 0 bridgehead atoms. The van der Waals surface area contributed by atoms with E-state index in [1.165, 1.54) is 18.3 Å². The molecule has 2 aromatic heterocycles. The van der Waals surface area contributed by atoms with Crippen molar-refractivity contribution < 1.29 is 9.59 Å². The second kappa shape index (κ2) is 8.99. The number of pyridine rings is 1. The summed E-state index contributed by atoms with van der Waals surface area (Å²) < 4.78 is 0. The molecule has 154 valence electrons. The third kappa shape index (κ3) is 4.91. The van der Waals surface area contributed by atoms with Crippen molar-refractivity contribution in [2.45, 2.75) is 0 Å². The topological polar surface area (TPSA) is 99.8 Å². The number of imidazole rings is 1. The molecule has 4 rings (SSSR count). The SMILES string of the molecule is O=C(Nc1ccc(Cl)cc1)c1ccc(Cl)c(C(=O)Nc2ccc(-c3ncc[nH]3)nc2)c1. The lowest BCUT2D eigenvalue weighted by Crippen LogP contribution is -2.16. The van der Waals surface area contributed by atoms with Gasteiger partial charge in [-0.15, -0.1) is 0 Å². The standard InChI is InChI=1S/C22H15Cl2N5O2/c23-14-2-4-15(5-3-14)28-21(30)13-1-7-18(24)17(11-13)22(31)29-16-6-8-19(27-12-16)20-25-9-10-26-20/h1-12H,(H,25,26)(H,28,30)(H,29,31). The number of hydrogen-bond donors (Lipinski definition) is 3. The molecule has 31 heavy (non-hydrogen) atoms. The van der Waals surface area contributed by atoms with E-state index in [-0.39, 0.29) is 22.1 Å². The van der Waals surface area contributed by atoms with Crippen LogP contribution in [0, 0.1) is 0 Å². The zero-order chi connectivity index (χ0) is 21.8. The highest BCUT2D eigenvalue weighted by Gasteiger charge is 2.15. The van der Waals surface area contributed by atoms with Crippen LogP contribution in [-0.4, -0.2) is 26.8 Å². The first-order valence-corrected chi connectivity index (χ1v) is 9.89. The molecule has 0 aliphatic rings. The molecule has 9 heteroatoms. The number of benzene rings is 2. The summed E-state index contributed by atoms with van der Waals surface area (Å²) in [5, 5.41) is 6.27. The van der Waals surface area contributed by atoms with Gasteiger partial charge in [-0.05, 0) is 54.6 Å². The Morgan fingerprint density at radius 1 is 0.839 bits per heavy atom. The maximum atomic E-state index is 12.7. The Morgan fingerprint density at radius 2 is 1.58 bits per heavy atom. The largest absolute Gasteiger partial charge is 0.343 e. The van der Waals surface area contributed by atoms with Crippen molar-refractivity contribution in [1.29, 1.82) is 0 Å². The Labute approximate surface area is 187 Å². The van der Waals surface area contributed by atoms with Crippen LogP contribution in [0.15, 0.2) is 73.2 Å². The Hall–Kier alpha value is -3.68. The van der Waals surface area contributed by atoms with Gasteiger partial charge >= 0.3 is 0 Å². The van der Waals surface area contributed by atoms with Gasteiger partial charge in [-0.1, -0.05) is 23.2 Å². The molecule has 3 N–H and O–H groups in total. The predicted octanol–water partition coefficient (Wildman–Crippen LogP) is 5.28. The summed E-state index contributed by atoms with van der Waals surface area (Å²) in [6.07, 6.45) is 4.84. The van der Waals surface area contributed by atoms with Crippen LogP contribution >= 0.6 is 23.2 Å². The van der Waals surface area contributed by atoms with Crippen molar-refractivity contribution in [3.63, 3.8) is 0 Å². The van der Waals surface area contributed by atoms with Crippen LogP contribution < -0.4 is 10.6 Å². The lowest BCUT2D eigenvalue weighted by atomic mass is 10.1. The number of halogens is 2. The average molecular weight is 452 g/mol. The molecule has 0 saturated heterocycles. The fourth-order valence-corrected chi connectivity index (χ4v) is 3.12. The van der Waals surface area contributed by atoms with Crippen molar-refractivity contribution in [2.75, 3.05) is 10.6 Å². The van der Waals surface area contributed by atoms with Crippen molar-refractivity contribution in [3.05, 3.63) is 94.4 Å². The van der Waals surface area contributed by atoms with Crippen LogP contribution in [-0.2, 0) is 0 Å². The van der Waals surface area contributed by atoms with E-state index in [1.54, 1.807) is 54.9 Å². The van der Waals surface area contributed by atoms with Crippen LogP contribution in [0.1, 0.15) is 20.7 Å². The first-order chi connectivity index (χ1) is 15.0. The highest BCUT2D eigenvalue weighted by atomic mass is 35.5. The molecule has 0 aliphatic heterocycles. The fraction of sp³-hybridized carbons (Fsp3) is 0. The van der Waals surface area contributed by atoms with Gasteiger partial charge in [0, 0.05) is 28.7 Å². The Bertz CT molecular complexity index is 1220. The maximum Gasteiger partial charge on any atom is 0.257 e. The number of H-pyrrole nitrogens is 1. The monoisotopic (exact) mass is 451 g/mol. The Balaban J connectivity index is 1.49. The molecule has 2 heterocycles. The van der Waals surface area contributed by atoms with E-state index in [4.69, 9.17) is 23.2 Å². The van der Waals surface area contributed by atoms with E-state index in [1.807, 2.05) is 0 Å². The predicted molar refractivity (Wildman–Crippen MR) is 121 cm³/mol. The summed E-state index contributed by atoms with van der Waals surface area (Å²) in [6.45, 7) is 0. The molecule has 0 saturated carbocycles. The number of hydrogen-bond acceptors (Lipinski definition) is 4. The van der Waals surface area contributed by atoms with E-state index < -0.39 is 5.91 Å². The van der Waals surface area contributed by atoms with Gasteiger partial charge in [-0.3, -0.25) is 14.6 Å². The van der Waals surface area contributed by atoms with E-state index in [9.17, 15) is 9.59 Å². The number of aromatic nitrogens is 3. The second-order valence-corrected chi connectivity index (χ2v) is 7.32. The molecule has 0 aliphatic carbocycles. The van der Waals surface area contributed by atoms with Crippen molar-refractivity contribution in [2.24, 2.45) is 0 Å². The summed E-state index contributed by atoms with van der Waals surface area (Å²) in [6, 6.07) is 14.6. The molecule has 2 aromatic carbocycles. The van der Waals surface area contributed by atoms with E-state index in [0.717, 1.165) is 0 Å². The molecule has 0 spiro atoms. The molecule has 4 aromatic rings. The average Bonchev–Trinajstić information content (AvgIpc) is 3.31. The number of anilines is 2. The molecular weight excluding hydrogens is 437 g/mol. The number of amides is 2. The number of aromatic amines is 1. The Kier molecular flexibility index (Phi) is 5.97. The van der Waals surface area contributed by atoms with Crippen molar-refractivity contribution in [3.8, 4) is 11.5 Å². The fourth-order valence-electron chi connectivity index (χ4n) is 2.79. The van der Waals surface area contributed by atoms with E-state index in [2.05, 4.69) is 25.6 Å². The lowest BCUT2D eigenvalue weighted by molar-refractivity contribution is 0.102. The van der Waals surface area contributed by atoms with Crippen molar-refractivity contribution >= 4 is 46.4 Å². The van der Waals surface area contributed by atoms with Crippen LogP contribution in [0.2, 0.25) is 10.0 Å². The number of carbonyl (C=O) groups is 2. The lowest BCUT2D eigenvalue weighted by Gasteiger charge is -2.10. The van der Waals surface area contributed by atoms with Gasteiger partial charge in [0.05, 0.1) is 22.5 Å².